The second kappa shape index (κ2) is 6.48. The molecule has 23 heavy (non-hydrogen) atoms. The molecule has 1 N–H and O–H groups in total. The number of amides is 2. The normalized spacial score (nSPS) is 18.8. The van der Waals surface area contributed by atoms with Crippen molar-refractivity contribution in [3.05, 3.63) is 17.7 Å². The minimum atomic E-state index is -3.23. The monoisotopic (exact) mass is 341 g/mol. The fourth-order valence-corrected chi connectivity index (χ4v) is 3.55. The first-order valence-electron chi connectivity index (χ1n) is 7.96. The summed E-state index contributed by atoms with van der Waals surface area (Å²) in [6.45, 7) is 3.87. The van der Waals surface area contributed by atoms with Crippen LogP contribution in [0.15, 0.2) is 6.20 Å². The summed E-state index contributed by atoms with van der Waals surface area (Å²) >= 11 is 0. The van der Waals surface area contributed by atoms with Crippen LogP contribution < -0.4 is 4.72 Å². The van der Waals surface area contributed by atoms with Crippen LogP contribution in [0.2, 0.25) is 0 Å². The molecule has 3 rings (SSSR count). The minimum Gasteiger partial charge on any atom is -0.329 e. The lowest BCUT2D eigenvalue weighted by Gasteiger charge is -2.26. The van der Waals surface area contributed by atoms with E-state index in [0.717, 1.165) is 43.7 Å². The second-order valence-corrected chi connectivity index (χ2v) is 7.96. The van der Waals surface area contributed by atoms with Crippen LogP contribution >= 0.6 is 0 Å². The molecule has 0 atom stereocenters. The number of fused-ring (bicyclic) bond motifs is 1. The summed E-state index contributed by atoms with van der Waals surface area (Å²) in [7, 11) is -3.23. The van der Waals surface area contributed by atoms with Crippen molar-refractivity contribution < 1.29 is 13.2 Å². The number of rotatable bonds is 3. The highest BCUT2D eigenvalue weighted by Gasteiger charge is 2.26. The maximum Gasteiger partial charge on any atom is 0.320 e. The lowest BCUT2D eigenvalue weighted by Crippen LogP contribution is -2.43. The second-order valence-electron chi connectivity index (χ2n) is 6.12. The predicted molar refractivity (Wildman–Crippen MR) is 85.4 cm³/mol. The Morgan fingerprint density at radius 3 is 2.57 bits per heavy atom. The molecule has 2 aliphatic heterocycles. The van der Waals surface area contributed by atoms with E-state index < -0.39 is 10.0 Å². The van der Waals surface area contributed by atoms with Crippen molar-refractivity contribution >= 4 is 16.1 Å². The van der Waals surface area contributed by atoms with Gasteiger partial charge in [0, 0.05) is 45.3 Å². The Bertz CT molecular complexity index is 679. The summed E-state index contributed by atoms with van der Waals surface area (Å²) in [5.41, 5.74) is 0.834. The highest BCUT2D eigenvalue weighted by Crippen LogP contribution is 2.15. The first-order valence-corrected chi connectivity index (χ1v) is 9.85. The molecule has 0 bridgehead atoms. The van der Waals surface area contributed by atoms with Crippen LogP contribution in [0.3, 0.4) is 0 Å². The van der Waals surface area contributed by atoms with Crippen LogP contribution in [-0.4, -0.2) is 66.2 Å². The fourth-order valence-electron chi connectivity index (χ4n) is 3.14. The number of hydrogen-bond acceptors (Lipinski definition) is 4. The molecule has 0 aromatic carbocycles. The molecule has 9 heteroatoms. The number of carbonyl (C=O) groups excluding carboxylic acids is 1. The van der Waals surface area contributed by atoms with Gasteiger partial charge in [0.2, 0.25) is 10.0 Å². The summed E-state index contributed by atoms with van der Waals surface area (Å²) < 4.78 is 27.0. The standard InChI is InChI=1S/C14H23N5O3S/c1-23(21,22)16-11-12-10-15-13-4-7-18(8-9-19(12)13)14(20)17-5-2-3-6-17/h10,16H,2-9,11H2,1H3. The van der Waals surface area contributed by atoms with Gasteiger partial charge >= 0.3 is 6.03 Å². The third-order valence-corrected chi connectivity index (χ3v) is 5.05. The Balaban J connectivity index is 1.66. The van der Waals surface area contributed by atoms with Crippen molar-refractivity contribution in [2.75, 3.05) is 32.4 Å². The molecule has 2 amide bonds. The van der Waals surface area contributed by atoms with Crippen molar-refractivity contribution in [1.29, 1.82) is 0 Å². The number of nitrogens with zero attached hydrogens (tertiary/aromatic N) is 4. The molecular formula is C14H23N5O3S. The quantitative estimate of drug-likeness (QED) is 0.839. The molecule has 0 spiro atoms. The summed E-state index contributed by atoms with van der Waals surface area (Å²) in [6.07, 6.45) is 5.72. The molecule has 128 valence electrons. The molecular weight excluding hydrogens is 318 g/mol. The first kappa shape index (κ1) is 16.3. The van der Waals surface area contributed by atoms with E-state index >= 15 is 0 Å². The lowest BCUT2D eigenvalue weighted by molar-refractivity contribution is 0.163. The van der Waals surface area contributed by atoms with E-state index in [4.69, 9.17) is 0 Å². The van der Waals surface area contributed by atoms with Gasteiger partial charge < -0.3 is 14.4 Å². The van der Waals surface area contributed by atoms with Crippen LogP contribution in [-0.2, 0) is 29.5 Å². The zero-order valence-electron chi connectivity index (χ0n) is 13.4. The van der Waals surface area contributed by atoms with Crippen molar-refractivity contribution in [3.8, 4) is 0 Å². The van der Waals surface area contributed by atoms with Gasteiger partial charge in [-0.2, -0.15) is 0 Å². The van der Waals surface area contributed by atoms with Gasteiger partial charge in [-0.05, 0) is 12.8 Å². The van der Waals surface area contributed by atoms with Crippen LogP contribution in [0.5, 0.6) is 0 Å². The highest BCUT2D eigenvalue weighted by molar-refractivity contribution is 7.88. The number of likely N-dealkylation sites (tertiary alicyclic amines) is 1. The Hall–Kier alpha value is -1.61. The molecule has 8 nitrogen and oxygen atoms in total. The van der Waals surface area contributed by atoms with Gasteiger partial charge in [-0.1, -0.05) is 0 Å². The predicted octanol–water partition coefficient (Wildman–Crippen LogP) is 0.00620. The van der Waals surface area contributed by atoms with Gasteiger partial charge in [-0.25, -0.2) is 22.9 Å². The Kier molecular flexibility index (Phi) is 4.58. The van der Waals surface area contributed by atoms with Crippen LogP contribution in [0.1, 0.15) is 24.4 Å². The molecule has 1 fully saturated rings. The molecule has 0 saturated carbocycles. The van der Waals surface area contributed by atoms with Crippen molar-refractivity contribution in [2.45, 2.75) is 32.4 Å². The third kappa shape index (κ3) is 3.84. The van der Waals surface area contributed by atoms with Gasteiger partial charge in [-0.15, -0.1) is 0 Å². The Labute approximate surface area is 136 Å². The molecule has 1 aromatic rings. The van der Waals surface area contributed by atoms with Crippen LogP contribution in [0.4, 0.5) is 4.79 Å². The van der Waals surface area contributed by atoms with E-state index in [-0.39, 0.29) is 12.6 Å². The first-order chi connectivity index (χ1) is 10.9. The third-order valence-electron chi connectivity index (χ3n) is 4.38. The van der Waals surface area contributed by atoms with Crippen molar-refractivity contribution in [1.82, 2.24) is 24.1 Å². The van der Waals surface area contributed by atoms with Crippen molar-refractivity contribution in [3.63, 3.8) is 0 Å². The number of carbonyl (C=O) groups is 1. The largest absolute Gasteiger partial charge is 0.329 e. The van der Waals surface area contributed by atoms with E-state index in [2.05, 4.69) is 9.71 Å². The number of urea groups is 1. The summed E-state index contributed by atoms with van der Waals surface area (Å²) in [5, 5.41) is 0. The SMILES string of the molecule is CS(=O)(=O)NCc1cnc2n1CCN(C(=O)N1CCCC1)CC2. The molecule has 1 saturated heterocycles. The molecule has 0 aliphatic carbocycles. The number of nitrogens with one attached hydrogen (secondary N) is 1. The zero-order chi connectivity index (χ0) is 16.4. The number of imidazole rings is 1. The maximum absolute atomic E-state index is 12.5. The van der Waals surface area contributed by atoms with E-state index in [1.54, 1.807) is 6.20 Å². The molecule has 0 radical (unpaired) electrons. The van der Waals surface area contributed by atoms with Gasteiger partial charge in [-0.3, -0.25) is 0 Å². The summed E-state index contributed by atoms with van der Waals surface area (Å²) in [6, 6.07) is 0.115. The van der Waals surface area contributed by atoms with Crippen LogP contribution in [0, 0.1) is 0 Å². The zero-order valence-corrected chi connectivity index (χ0v) is 14.2. The number of aromatic nitrogens is 2. The molecule has 0 unspecified atom stereocenters. The summed E-state index contributed by atoms with van der Waals surface area (Å²) in [4.78, 5) is 20.7. The van der Waals surface area contributed by atoms with Gasteiger partial charge in [0.05, 0.1) is 18.5 Å². The Morgan fingerprint density at radius 1 is 1.17 bits per heavy atom. The van der Waals surface area contributed by atoms with E-state index in [1.807, 2.05) is 14.4 Å². The van der Waals surface area contributed by atoms with Gasteiger partial charge in [0.25, 0.3) is 0 Å². The van der Waals surface area contributed by atoms with Gasteiger partial charge in [0.1, 0.15) is 5.82 Å². The average molecular weight is 341 g/mol. The number of hydrogen-bond donors (Lipinski definition) is 1. The topological polar surface area (TPSA) is 87.5 Å². The molecule has 1 aromatic heterocycles. The fraction of sp³-hybridized carbons (Fsp3) is 0.714. The van der Waals surface area contributed by atoms with Crippen LogP contribution in [0.25, 0.3) is 0 Å². The highest BCUT2D eigenvalue weighted by atomic mass is 32.2. The summed E-state index contributed by atoms with van der Waals surface area (Å²) in [5.74, 6) is 0.909. The number of sulfonamides is 1. The van der Waals surface area contributed by atoms with E-state index in [0.29, 0.717) is 26.1 Å². The maximum atomic E-state index is 12.5. The van der Waals surface area contributed by atoms with Gasteiger partial charge in [0.15, 0.2) is 0 Å². The molecule has 3 heterocycles. The smallest absolute Gasteiger partial charge is 0.320 e. The van der Waals surface area contributed by atoms with E-state index in [9.17, 15) is 13.2 Å². The Morgan fingerprint density at radius 2 is 1.87 bits per heavy atom. The average Bonchev–Trinajstić information content (AvgIpc) is 3.10. The molecule has 2 aliphatic rings. The lowest BCUT2D eigenvalue weighted by atomic mass is 10.4. The minimum absolute atomic E-state index is 0.115. The van der Waals surface area contributed by atoms with E-state index in [1.165, 1.54) is 0 Å². The van der Waals surface area contributed by atoms with Crippen molar-refractivity contribution in [2.24, 2.45) is 0 Å².